The van der Waals surface area contributed by atoms with Gasteiger partial charge in [-0.15, -0.1) is 0 Å². The fourth-order valence-corrected chi connectivity index (χ4v) is 2.56. The van der Waals surface area contributed by atoms with E-state index >= 15 is 0 Å². The zero-order valence-electron chi connectivity index (χ0n) is 14.3. The van der Waals surface area contributed by atoms with Crippen LogP contribution in [0.4, 0.5) is 5.69 Å². The largest absolute Gasteiger partial charge is 0.475 e. The predicted octanol–water partition coefficient (Wildman–Crippen LogP) is 3.45. The first-order valence-corrected chi connectivity index (χ1v) is 8.00. The molecule has 0 saturated heterocycles. The average molecular weight is 369 g/mol. The van der Waals surface area contributed by atoms with Gasteiger partial charge in [0.25, 0.3) is 0 Å². The average Bonchev–Trinajstić information content (AvgIpc) is 3.01. The first-order chi connectivity index (χ1) is 13.0. The molecular weight excluding hydrogens is 354 g/mol. The molecule has 138 valence electrons. The second-order valence-corrected chi connectivity index (χ2v) is 5.65. The van der Waals surface area contributed by atoms with Crippen LogP contribution in [-0.2, 0) is 9.53 Å². The van der Waals surface area contributed by atoms with Crippen LogP contribution in [-0.4, -0.2) is 29.9 Å². The fourth-order valence-electron chi connectivity index (χ4n) is 2.56. The fraction of sp³-hybridized carbons (Fsp3) is 0.158. The lowest BCUT2D eigenvalue weighted by Gasteiger charge is -2.06. The van der Waals surface area contributed by atoms with Crippen molar-refractivity contribution >= 4 is 28.4 Å². The number of fused-ring (bicyclic) bond motifs is 1. The van der Waals surface area contributed by atoms with Gasteiger partial charge in [0, 0.05) is 17.0 Å². The van der Waals surface area contributed by atoms with Crippen molar-refractivity contribution in [2.24, 2.45) is 0 Å². The van der Waals surface area contributed by atoms with Crippen molar-refractivity contribution in [3.63, 3.8) is 0 Å². The zero-order chi connectivity index (χ0) is 19.4. The van der Waals surface area contributed by atoms with Gasteiger partial charge < -0.3 is 13.9 Å². The molecule has 3 aromatic rings. The predicted molar refractivity (Wildman–Crippen MR) is 94.8 cm³/mol. The number of nitro groups is 1. The number of hydrogen-bond donors (Lipinski definition) is 0. The number of ketones is 1. The number of rotatable bonds is 7. The first kappa shape index (κ1) is 18.1. The molecule has 27 heavy (non-hydrogen) atoms. The molecule has 1 aromatic heterocycles. The molecule has 0 unspecified atom stereocenters. The minimum absolute atomic E-state index is 0.0566. The SMILES string of the molecule is Cc1c(C(=O)COC(=O)COc2ccccc2[N+](=O)[O-])oc2ccccc12. The molecule has 2 aromatic carbocycles. The summed E-state index contributed by atoms with van der Waals surface area (Å²) in [5, 5.41) is 11.7. The number of para-hydroxylation sites is 3. The van der Waals surface area contributed by atoms with Gasteiger partial charge >= 0.3 is 11.7 Å². The molecule has 0 radical (unpaired) electrons. The van der Waals surface area contributed by atoms with Gasteiger partial charge in [-0.25, -0.2) is 4.79 Å². The minimum Gasteiger partial charge on any atom is -0.475 e. The second-order valence-electron chi connectivity index (χ2n) is 5.65. The Morgan fingerprint density at radius 3 is 2.52 bits per heavy atom. The van der Waals surface area contributed by atoms with E-state index in [-0.39, 0.29) is 17.2 Å². The molecule has 0 atom stereocenters. The van der Waals surface area contributed by atoms with Crippen molar-refractivity contribution in [3.05, 3.63) is 70.0 Å². The van der Waals surface area contributed by atoms with Crippen LogP contribution in [0, 0.1) is 17.0 Å². The summed E-state index contributed by atoms with van der Waals surface area (Å²) in [6.07, 6.45) is 0. The highest BCUT2D eigenvalue weighted by Crippen LogP contribution is 2.26. The maximum absolute atomic E-state index is 12.3. The summed E-state index contributed by atoms with van der Waals surface area (Å²) in [5.41, 5.74) is 0.978. The highest BCUT2D eigenvalue weighted by molar-refractivity contribution is 6.01. The molecule has 3 rings (SSSR count). The van der Waals surface area contributed by atoms with E-state index < -0.39 is 29.9 Å². The number of carbonyl (C=O) groups excluding carboxylic acids is 2. The Balaban J connectivity index is 1.58. The third-order valence-electron chi connectivity index (χ3n) is 3.87. The Morgan fingerprint density at radius 1 is 1.07 bits per heavy atom. The second kappa shape index (κ2) is 7.69. The number of ether oxygens (including phenoxy) is 2. The summed E-state index contributed by atoms with van der Waals surface area (Å²) in [6.45, 7) is 0.676. The van der Waals surface area contributed by atoms with Crippen LogP contribution in [0.1, 0.15) is 16.1 Å². The number of nitro benzene ring substituents is 1. The molecule has 8 heteroatoms. The smallest absolute Gasteiger partial charge is 0.344 e. The van der Waals surface area contributed by atoms with Crippen LogP contribution in [0.25, 0.3) is 11.0 Å². The number of benzene rings is 2. The van der Waals surface area contributed by atoms with E-state index in [1.54, 1.807) is 25.1 Å². The topological polar surface area (TPSA) is 109 Å². The molecular formula is C19H15NO7. The summed E-state index contributed by atoms with van der Waals surface area (Å²) in [7, 11) is 0. The van der Waals surface area contributed by atoms with Crippen molar-refractivity contribution in [3.8, 4) is 5.75 Å². The van der Waals surface area contributed by atoms with E-state index in [2.05, 4.69) is 0 Å². The molecule has 0 aliphatic rings. The van der Waals surface area contributed by atoms with E-state index in [0.29, 0.717) is 11.1 Å². The Morgan fingerprint density at radius 2 is 1.78 bits per heavy atom. The van der Waals surface area contributed by atoms with Crippen LogP contribution >= 0.6 is 0 Å². The van der Waals surface area contributed by atoms with Crippen LogP contribution in [0.2, 0.25) is 0 Å². The standard InChI is InChI=1S/C19H15NO7/c1-12-13-6-2-4-8-16(13)27-19(12)15(21)10-26-18(22)11-25-17-9-5-3-7-14(17)20(23)24/h2-9H,10-11H2,1H3. The van der Waals surface area contributed by atoms with Crippen molar-refractivity contribution in [2.75, 3.05) is 13.2 Å². The van der Waals surface area contributed by atoms with E-state index in [0.717, 1.165) is 5.39 Å². The van der Waals surface area contributed by atoms with Gasteiger partial charge in [-0.05, 0) is 19.1 Å². The van der Waals surface area contributed by atoms with Gasteiger partial charge in [-0.3, -0.25) is 14.9 Å². The molecule has 0 aliphatic heterocycles. The first-order valence-electron chi connectivity index (χ1n) is 8.00. The zero-order valence-corrected chi connectivity index (χ0v) is 14.3. The lowest BCUT2D eigenvalue weighted by atomic mass is 10.1. The van der Waals surface area contributed by atoms with Crippen LogP contribution in [0.15, 0.2) is 52.9 Å². The molecule has 0 aliphatic carbocycles. The van der Waals surface area contributed by atoms with Gasteiger partial charge in [-0.1, -0.05) is 30.3 Å². The summed E-state index contributed by atoms with van der Waals surface area (Å²) in [6, 6.07) is 12.9. The molecule has 0 bridgehead atoms. The summed E-state index contributed by atoms with van der Waals surface area (Å²) in [5.74, 6) is -1.24. The Bertz CT molecular complexity index is 1020. The molecule has 0 saturated carbocycles. The van der Waals surface area contributed by atoms with E-state index in [1.807, 2.05) is 12.1 Å². The molecule has 0 N–H and O–H groups in total. The number of Topliss-reactive ketones (excluding diaryl/α,β-unsaturated/α-hetero) is 1. The molecule has 1 heterocycles. The molecule has 8 nitrogen and oxygen atoms in total. The van der Waals surface area contributed by atoms with Crippen LogP contribution in [0.5, 0.6) is 5.75 Å². The van der Waals surface area contributed by atoms with Gasteiger partial charge in [0.2, 0.25) is 5.78 Å². The summed E-state index contributed by atoms with van der Waals surface area (Å²) >= 11 is 0. The number of aryl methyl sites for hydroxylation is 1. The van der Waals surface area contributed by atoms with Crippen molar-refractivity contribution in [2.45, 2.75) is 6.92 Å². The third kappa shape index (κ3) is 3.95. The third-order valence-corrected chi connectivity index (χ3v) is 3.87. The van der Waals surface area contributed by atoms with Crippen molar-refractivity contribution < 1.29 is 28.4 Å². The number of furan rings is 1. The lowest BCUT2D eigenvalue weighted by molar-refractivity contribution is -0.385. The van der Waals surface area contributed by atoms with Crippen LogP contribution < -0.4 is 4.74 Å². The van der Waals surface area contributed by atoms with Gasteiger partial charge in [0.05, 0.1) is 4.92 Å². The molecule has 0 fully saturated rings. The van der Waals surface area contributed by atoms with E-state index in [4.69, 9.17) is 13.9 Å². The maximum Gasteiger partial charge on any atom is 0.344 e. The number of esters is 1. The molecule has 0 amide bonds. The molecule has 0 spiro atoms. The Kier molecular flexibility index (Phi) is 5.16. The highest BCUT2D eigenvalue weighted by Gasteiger charge is 2.20. The summed E-state index contributed by atoms with van der Waals surface area (Å²) < 4.78 is 15.5. The normalized spacial score (nSPS) is 10.6. The van der Waals surface area contributed by atoms with Crippen molar-refractivity contribution in [1.82, 2.24) is 0 Å². The highest BCUT2D eigenvalue weighted by atomic mass is 16.6. The Hall–Kier alpha value is -3.68. The summed E-state index contributed by atoms with van der Waals surface area (Å²) in [4.78, 5) is 34.3. The number of nitrogens with zero attached hydrogens (tertiary/aromatic N) is 1. The monoisotopic (exact) mass is 369 g/mol. The van der Waals surface area contributed by atoms with Gasteiger partial charge in [0.15, 0.2) is 24.7 Å². The number of carbonyl (C=O) groups is 2. The maximum atomic E-state index is 12.3. The van der Waals surface area contributed by atoms with E-state index in [1.165, 1.54) is 18.2 Å². The minimum atomic E-state index is -0.824. The van der Waals surface area contributed by atoms with Gasteiger partial charge in [-0.2, -0.15) is 0 Å². The number of hydrogen-bond acceptors (Lipinski definition) is 7. The quantitative estimate of drug-likeness (QED) is 0.271. The van der Waals surface area contributed by atoms with Crippen molar-refractivity contribution in [1.29, 1.82) is 0 Å². The Labute approximate surface area is 153 Å². The van der Waals surface area contributed by atoms with Crippen LogP contribution in [0.3, 0.4) is 0 Å². The van der Waals surface area contributed by atoms with E-state index in [9.17, 15) is 19.7 Å². The lowest BCUT2D eigenvalue weighted by Crippen LogP contribution is -2.19. The van der Waals surface area contributed by atoms with Gasteiger partial charge in [0.1, 0.15) is 5.58 Å².